The van der Waals surface area contributed by atoms with Crippen LogP contribution in [0.25, 0.3) is 0 Å². The molecule has 0 aromatic heterocycles. The minimum atomic E-state index is -1.10. The van der Waals surface area contributed by atoms with Gasteiger partial charge in [0.05, 0.1) is 12.7 Å². The third-order valence-corrected chi connectivity index (χ3v) is 0.873. The molecule has 0 heterocycles. The largest absolute Gasteiger partial charge is 0.394 e. The average Bonchev–Trinajstić information content (AvgIpc) is 1.84. The summed E-state index contributed by atoms with van der Waals surface area (Å²) >= 11 is 0. The van der Waals surface area contributed by atoms with E-state index in [1.54, 1.807) is 0 Å². The summed E-state index contributed by atoms with van der Waals surface area (Å²) in [5.74, 6) is 0. The van der Waals surface area contributed by atoms with E-state index in [4.69, 9.17) is 21.1 Å². The molecule has 0 aliphatic heterocycles. The van der Waals surface area contributed by atoms with E-state index in [0.29, 0.717) is 0 Å². The molecule has 0 saturated carbocycles. The third-order valence-electron chi connectivity index (χ3n) is 0.873. The molecule has 50 valence electrons. The number of aliphatic hydroxyl groups is 3. The van der Waals surface area contributed by atoms with Gasteiger partial charge in [-0.2, -0.15) is 0 Å². The fraction of sp³-hybridized carbons (Fsp3) is 1.00. The Labute approximate surface area is 47.6 Å². The molecule has 0 aromatic rings. The molecule has 4 heteroatoms. The molecule has 0 spiro atoms. The van der Waals surface area contributed by atoms with Crippen molar-refractivity contribution >= 4 is 0 Å². The molecule has 0 bridgehead atoms. The van der Waals surface area contributed by atoms with Crippen LogP contribution in [-0.2, 0) is 0 Å². The summed E-state index contributed by atoms with van der Waals surface area (Å²) in [5, 5.41) is 25.3. The fourth-order valence-electron chi connectivity index (χ4n) is 0.279. The van der Waals surface area contributed by atoms with E-state index in [1.807, 2.05) is 0 Å². The lowest BCUT2D eigenvalue weighted by atomic mass is 10.2. The van der Waals surface area contributed by atoms with Crippen molar-refractivity contribution < 1.29 is 15.3 Å². The predicted molar refractivity (Wildman–Crippen MR) is 28.2 cm³/mol. The highest BCUT2D eigenvalue weighted by atomic mass is 16.4. The van der Waals surface area contributed by atoms with E-state index in [-0.39, 0.29) is 6.54 Å². The van der Waals surface area contributed by atoms with Crippen LogP contribution >= 0.6 is 0 Å². The molecule has 0 aliphatic carbocycles. The summed E-state index contributed by atoms with van der Waals surface area (Å²) in [6.45, 7) is -0.472. The van der Waals surface area contributed by atoms with E-state index in [2.05, 4.69) is 0 Å². The fourth-order valence-corrected chi connectivity index (χ4v) is 0.279. The minimum Gasteiger partial charge on any atom is -0.394 e. The Hall–Kier alpha value is -0.160. The van der Waals surface area contributed by atoms with E-state index in [9.17, 15) is 0 Å². The summed E-state index contributed by atoms with van der Waals surface area (Å²) in [6, 6.07) is 0. The smallest absolute Gasteiger partial charge is 0.104 e. The van der Waals surface area contributed by atoms with E-state index < -0.39 is 18.8 Å². The van der Waals surface area contributed by atoms with Gasteiger partial charge in [0.1, 0.15) is 6.10 Å². The van der Waals surface area contributed by atoms with Gasteiger partial charge in [0.15, 0.2) is 0 Å². The molecule has 0 aromatic carbocycles. The second-order valence-corrected chi connectivity index (χ2v) is 1.55. The molecule has 0 rings (SSSR count). The van der Waals surface area contributed by atoms with Crippen LogP contribution in [0.5, 0.6) is 0 Å². The Bertz CT molecular complexity index is 51.2. The maximum atomic E-state index is 8.59. The maximum Gasteiger partial charge on any atom is 0.104 e. The zero-order valence-corrected chi connectivity index (χ0v) is 4.49. The van der Waals surface area contributed by atoms with Crippen LogP contribution in [0, 0.1) is 0 Å². The molecule has 0 amide bonds. The number of aliphatic hydroxyl groups excluding tert-OH is 3. The highest BCUT2D eigenvalue weighted by Crippen LogP contribution is 1.87. The highest BCUT2D eigenvalue weighted by molar-refractivity contribution is 4.64. The first-order valence-electron chi connectivity index (χ1n) is 2.39. The molecule has 5 N–H and O–H groups in total. The van der Waals surface area contributed by atoms with Crippen LogP contribution in [0.15, 0.2) is 0 Å². The second kappa shape index (κ2) is 3.80. The van der Waals surface area contributed by atoms with Crippen LogP contribution in [0.3, 0.4) is 0 Å². The highest BCUT2D eigenvalue weighted by Gasteiger charge is 2.11. The first-order chi connectivity index (χ1) is 3.72. The van der Waals surface area contributed by atoms with Gasteiger partial charge in [0.2, 0.25) is 0 Å². The van der Waals surface area contributed by atoms with Crippen molar-refractivity contribution in [3.63, 3.8) is 0 Å². The average molecular weight is 121 g/mol. The SMILES string of the molecule is NCC(O)C(O)CO. The Morgan fingerprint density at radius 2 is 1.75 bits per heavy atom. The van der Waals surface area contributed by atoms with Gasteiger partial charge in [-0.05, 0) is 0 Å². The Morgan fingerprint density at radius 1 is 1.25 bits per heavy atom. The molecule has 4 nitrogen and oxygen atoms in total. The lowest BCUT2D eigenvalue weighted by molar-refractivity contribution is -0.00894. The summed E-state index contributed by atoms with van der Waals surface area (Å²) < 4.78 is 0. The second-order valence-electron chi connectivity index (χ2n) is 1.55. The maximum absolute atomic E-state index is 8.59. The van der Waals surface area contributed by atoms with Gasteiger partial charge in [-0.25, -0.2) is 0 Å². The van der Waals surface area contributed by atoms with Crippen molar-refractivity contribution in [2.45, 2.75) is 12.2 Å². The first-order valence-corrected chi connectivity index (χ1v) is 2.39. The predicted octanol–water partition coefficient (Wildman–Crippen LogP) is -2.34. The molecule has 2 unspecified atom stereocenters. The van der Waals surface area contributed by atoms with Crippen LogP contribution in [0.2, 0.25) is 0 Å². The zero-order chi connectivity index (χ0) is 6.57. The molecule has 0 fully saturated rings. The minimum absolute atomic E-state index is 0.0261. The standard InChI is InChI=1S/C4H11NO3/c5-1-3(7)4(8)2-6/h3-4,6-8H,1-2,5H2. The Morgan fingerprint density at radius 3 is 1.88 bits per heavy atom. The van der Waals surface area contributed by atoms with Crippen molar-refractivity contribution in [1.29, 1.82) is 0 Å². The van der Waals surface area contributed by atoms with Crippen LogP contribution in [-0.4, -0.2) is 40.7 Å². The number of rotatable bonds is 3. The van der Waals surface area contributed by atoms with Crippen molar-refractivity contribution in [3.8, 4) is 0 Å². The summed E-state index contributed by atoms with van der Waals surface area (Å²) in [6.07, 6.45) is -2.10. The third kappa shape index (κ3) is 2.23. The topological polar surface area (TPSA) is 86.7 Å². The van der Waals surface area contributed by atoms with Gasteiger partial charge < -0.3 is 21.1 Å². The van der Waals surface area contributed by atoms with Crippen LogP contribution in [0.1, 0.15) is 0 Å². The van der Waals surface area contributed by atoms with Gasteiger partial charge in [0, 0.05) is 6.54 Å². The lowest BCUT2D eigenvalue weighted by Crippen LogP contribution is -2.35. The van der Waals surface area contributed by atoms with Crippen LogP contribution in [0.4, 0.5) is 0 Å². The van der Waals surface area contributed by atoms with Crippen molar-refractivity contribution in [2.24, 2.45) is 5.73 Å². The molecular formula is C4H11NO3. The Balaban J connectivity index is 3.29. The normalized spacial score (nSPS) is 18.0. The molecule has 0 radical (unpaired) electrons. The van der Waals surface area contributed by atoms with Gasteiger partial charge in [0.25, 0.3) is 0 Å². The van der Waals surface area contributed by atoms with Gasteiger partial charge in [-0.1, -0.05) is 0 Å². The van der Waals surface area contributed by atoms with Crippen molar-refractivity contribution in [1.82, 2.24) is 0 Å². The lowest BCUT2D eigenvalue weighted by Gasteiger charge is -2.11. The summed E-state index contributed by atoms with van der Waals surface area (Å²) in [4.78, 5) is 0. The van der Waals surface area contributed by atoms with Gasteiger partial charge >= 0.3 is 0 Å². The first kappa shape index (κ1) is 7.84. The zero-order valence-electron chi connectivity index (χ0n) is 4.49. The monoisotopic (exact) mass is 121 g/mol. The summed E-state index contributed by atoms with van der Waals surface area (Å²) in [7, 11) is 0. The number of nitrogens with two attached hydrogens (primary N) is 1. The van der Waals surface area contributed by atoms with Crippen LogP contribution < -0.4 is 5.73 Å². The molecular weight excluding hydrogens is 110 g/mol. The van der Waals surface area contributed by atoms with E-state index >= 15 is 0 Å². The molecule has 0 aliphatic rings. The van der Waals surface area contributed by atoms with Gasteiger partial charge in [-0.15, -0.1) is 0 Å². The van der Waals surface area contributed by atoms with Crippen molar-refractivity contribution in [2.75, 3.05) is 13.2 Å². The number of hydrogen-bond acceptors (Lipinski definition) is 4. The molecule has 2 atom stereocenters. The van der Waals surface area contributed by atoms with E-state index in [0.717, 1.165) is 0 Å². The van der Waals surface area contributed by atoms with E-state index in [1.165, 1.54) is 0 Å². The quantitative estimate of drug-likeness (QED) is 0.337. The summed E-state index contributed by atoms with van der Waals surface area (Å²) in [5.41, 5.74) is 4.93. The number of hydrogen-bond donors (Lipinski definition) is 4. The van der Waals surface area contributed by atoms with Gasteiger partial charge in [-0.3, -0.25) is 0 Å². The molecule has 0 saturated heterocycles. The Kier molecular flexibility index (Phi) is 3.72. The van der Waals surface area contributed by atoms with Crippen molar-refractivity contribution in [3.05, 3.63) is 0 Å². The molecule has 8 heavy (non-hydrogen) atoms.